The molecule has 5 heteroatoms. The van der Waals surface area contributed by atoms with Gasteiger partial charge in [0.25, 0.3) is 0 Å². The topological polar surface area (TPSA) is 24.7 Å². The van der Waals surface area contributed by atoms with Crippen molar-refractivity contribution in [3.8, 4) is 0 Å². The Morgan fingerprint density at radius 1 is 0.903 bits per heavy atom. The first-order chi connectivity index (χ1) is 14.9. The Kier molecular flexibility index (Phi) is 7.28. The molecular weight excluding hydrogens is 394 g/mol. The standard InChI is InChI=1S/C26H24F2N2O/c1-18(2)30(17-21-9-12-24(27)25(28)14-21)16-20-5-4-6-22(13-20)26(31)15-19-7-10-23(29-3)11-8-19/h4-14,18H,15-17H2,1-2H3. The lowest BCUT2D eigenvalue weighted by Crippen LogP contribution is -2.30. The summed E-state index contributed by atoms with van der Waals surface area (Å²) < 4.78 is 26.8. The van der Waals surface area contributed by atoms with Crippen LogP contribution in [0.4, 0.5) is 14.5 Å². The number of ketones is 1. The summed E-state index contributed by atoms with van der Waals surface area (Å²) in [5.41, 5.74) is 3.72. The fourth-order valence-electron chi connectivity index (χ4n) is 3.35. The predicted octanol–water partition coefficient (Wildman–Crippen LogP) is 6.35. The summed E-state index contributed by atoms with van der Waals surface area (Å²) in [5, 5.41) is 0. The third-order valence-electron chi connectivity index (χ3n) is 5.16. The fourth-order valence-corrected chi connectivity index (χ4v) is 3.35. The zero-order chi connectivity index (χ0) is 22.4. The molecule has 0 fully saturated rings. The van der Waals surface area contributed by atoms with E-state index in [9.17, 15) is 13.6 Å². The molecule has 3 aromatic rings. The quantitative estimate of drug-likeness (QED) is 0.314. The SMILES string of the molecule is [C-]#[N+]c1ccc(CC(=O)c2cccc(CN(Cc3ccc(F)c(F)c3)C(C)C)c2)cc1. The van der Waals surface area contributed by atoms with Crippen molar-refractivity contribution in [1.29, 1.82) is 0 Å². The second-order valence-corrected chi connectivity index (χ2v) is 7.83. The van der Waals surface area contributed by atoms with Gasteiger partial charge in [-0.15, -0.1) is 0 Å². The second kappa shape index (κ2) is 10.1. The first kappa shape index (κ1) is 22.3. The number of halogens is 2. The zero-order valence-electron chi connectivity index (χ0n) is 17.6. The maximum Gasteiger partial charge on any atom is 0.187 e. The van der Waals surface area contributed by atoms with E-state index in [1.807, 2.05) is 32.0 Å². The van der Waals surface area contributed by atoms with Gasteiger partial charge in [-0.3, -0.25) is 9.69 Å². The molecule has 0 aliphatic heterocycles. The van der Waals surface area contributed by atoms with E-state index in [0.29, 0.717) is 29.9 Å². The van der Waals surface area contributed by atoms with E-state index >= 15 is 0 Å². The highest BCUT2D eigenvalue weighted by atomic mass is 19.2. The largest absolute Gasteiger partial charge is 0.294 e. The van der Waals surface area contributed by atoms with Crippen LogP contribution >= 0.6 is 0 Å². The highest BCUT2D eigenvalue weighted by Gasteiger charge is 2.14. The fraction of sp³-hybridized carbons (Fsp3) is 0.231. The van der Waals surface area contributed by atoms with E-state index < -0.39 is 11.6 Å². The number of Topliss-reactive ketones (excluding diaryl/α,β-unsaturated/α-hetero) is 1. The molecule has 0 aliphatic carbocycles. The van der Waals surface area contributed by atoms with Gasteiger partial charge in [-0.2, -0.15) is 0 Å². The van der Waals surface area contributed by atoms with E-state index in [1.54, 1.807) is 36.4 Å². The molecule has 0 aliphatic rings. The first-order valence-corrected chi connectivity index (χ1v) is 10.1. The van der Waals surface area contributed by atoms with Crippen LogP contribution in [-0.2, 0) is 19.5 Å². The van der Waals surface area contributed by atoms with Gasteiger partial charge >= 0.3 is 0 Å². The van der Waals surface area contributed by atoms with E-state index in [-0.39, 0.29) is 18.2 Å². The van der Waals surface area contributed by atoms with Crippen molar-refractivity contribution in [2.75, 3.05) is 0 Å². The molecular formula is C26H24F2N2O. The summed E-state index contributed by atoms with van der Waals surface area (Å²) in [6.45, 7) is 12.1. The highest BCUT2D eigenvalue weighted by molar-refractivity contribution is 5.97. The molecule has 0 radical (unpaired) electrons. The molecule has 0 bridgehead atoms. The number of nitrogens with zero attached hydrogens (tertiary/aromatic N) is 2. The number of hydrogen-bond donors (Lipinski definition) is 0. The minimum absolute atomic E-state index is 0.00844. The van der Waals surface area contributed by atoms with Crippen molar-refractivity contribution in [3.63, 3.8) is 0 Å². The Balaban J connectivity index is 1.71. The average Bonchev–Trinajstić information content (AvgIpc) is 2.76. The van der Waals surface area contributed by atoms with Crippen molar-refractivity contribution < 1.29 is 13.6 Å². The van der Waals surface area contributed by atoms with Crippen LogP contribution in [0.1, 0.15) is 40.9 Å². The van der Waals surface area contributed by atoms with Gasteiger partial charge in [-0.1, -0.05) is 48.5 Å². The minimum Gasteiger partial charge on any atom is -0.294 e. The summed E-state index contributed by atoms with van der Waals surface area (Å²) in [5.74, 6) is -1.69. The Morgan fingerprint density at radius 3 is 2.16 bits per heavy atom. The van der Waals surface area contributed by atoms with Crippen LogP contribution in [-0.4, -0.2) is 16.7 Å². The Morgan fingerprint density at radius 2 is 1.55 bits per heavy atom. The molecule has 31 heavy (non-hydrogen) atoms. The molecule has 0 aromatic heterocycles. The van der Waals surface area contributed by atoms with Crippen LogP contribution in [0.5, 0.6) is 0 Å². The third-order valence-corrected chi connectivity index (χ3v) is 5.16. The van der Waals surface area contributed by atoms with Gasteiger partial charge in [0.15, 0.2) is 23.1 Å². The Bertz CT molecular complexity index is 1100. The Hall–Kier alpha value is -3.36. The van der Waals surface area contributed by atoms with Gasteiger partial charge < -0.3 is 0 Å². The van der Waals surface area contributed by atoms with Gasteiger partial charge in [0.05, 0.1) is 6.57 Å². The molecule has 158 valence electrons. The average molecular weight is 418 g/mol. The van der Waals surface area contributed by atoms with Crippen molar-refractivity contribution in [2.24, 2.45) is 0 Å². The van der Waals surface area contributed by atoms with Crippen LogP contribution in [0.3, 0.4) is 0 Å². The summed E-state index contributed by atoms with van der Waals surface area (Å²) in [6, 6.07) is 18.7. The number of benzene rings is 3. The molecule has 0 atom stereocenters. The normalized spacial score (nSPS) is 11.0. The Labute approximate surface area is 181 Å². The monoisotopic (exact) mass is 418 g/mol. The number of hydrogen-bond acceptors (Lipinski definition) is 2. The molecule has 0 N–H and O–H groups in total. The molecule has 0 unspecified atom stereocenters. The molecule has 0 saturated carbocycles. The first-order valence-electron chi connectivity index (χ1n) is 10.1. The van der Waals surface area contributed by atoms with E-state index in [0.717, 1.165) is 17.2 Å². The van der Waals surface area contributed by atoms with Crippen molar-refractivity contribution in [2.45, 2.75) is 39.4 Å². The van der Waals surface area contributed by atoms with Gasteiger partial charge in [-0.25, -0.2) is 13.6 Å². The summed E-state index contributed by atoms with van der Waals surface area (Å²) in [4.78, 5) is 18.3. The van der Waals surface area contributed by atoms with Gasteiger partial charge in [0.2, 0.25) is 0 Å². The molecule has 0 heterocycles. The van der Waals surface area contributed by atoms with Gasteiger partial charge in [0.1, 0.15) is 0 Å². The van der Waals surface area contributed by atoms with Crippen LogP contribution < -0.4 is 0 Å². The molecule has 3 nitrogen and oxygen atoms in total. The summed E-state index contributed by atoms with van der Waals surface area (Å²) in [7, 11) is 0. The van der Waals surface area contributed by atoms with E-state index in [4.69, 9.17) is 6.57 Å². The maximum atomic E-state index is 13.6. The van der Waals surface area contributed by atoms with E-state index in [1.165, 1.54) is 6.07 Å². The molecule has 0 spiro atoms. The predicted molar refractivity (Wildman–Crippen MR) is 118 cm³/mol. The zero-order valence-corrected chi connectivity index (χ0v) is 17.6. The lowest BCUT2D eigenvalue weighted by Gasteiger charge is -2.27. The maximum absolute atomic E-state index is 13.6. The van der Waals surface area contributed by atoms with Crippen LogP contribution in [0.15, 0.2) is 66.7 Å². The number of carbonyl (C=O) groups is 1. The molecule has 3 rings (SSSR count). The third kappa shape index (κ3) is 6.07. The van der Waals surface area contributed by atoms with Crippen LogP contribution in [0.25, 0.3) is 4.85 Å². The molecule has 0 amide bonds. The van der Waals surface area contributed by atoms with Crippen molar-refractivity contribution in [3.05, 3.63) is 112 Å². The minimum atomic E-state index is -0.852. The summed E-state index contributed by atoms with van der Waals surface area (Å²) in [6.07, 6.45) is 0.268. The highest BCUT2D eigenvalue weighted by Crippen LogP contribution is 2.18. The smallest absolute Gasteiger partial charge is 0.187 e. The number of rotatable bonds is 8. The number of carbonyl (C=O) groups excluding carboxylic acids is 1. The molecule has 3 aromatic carbocycles. The lowest BCUT2D eigenvalue weighted by atomic mass is 10.0. The van der Waals surface area contributed by atoms with Crippen molar-refractivity contribution in [1.82, 2.24) is 4.90 Å². The van der Waals surface area contributed by atoms with Crippen LogP contribution in [0, 0.1) is 18.2 Å². The van der Waals surface area contributed by atoms with Gasteiger partial charge in [-0.05, 0) is 48.7 Å². The van der Waals surface area contributed by atoms with Gasteiger partial charge in [0, 0.05) is 31.1 Å². The van der Waals surface area contributed by atoms with Crippen LogP contribution in [0.2, 0.25) is 0 Å². The van der Waals surface area contributed by atoms with Crippen molar-refractivity contribution >= 4 is 11.5 Å². The molecule has 0 saturated heterocycles. The summed E-state index contributed by atoms with van der Waals surface area (Å²) >= 11 is 0. The lowest BCUT2D eigenvalue weighted by molar-refractivity contribution is 0.0992. The second-order valence-electron chi connectivity index (χ2n) is 7.83. The van der Waals surface area contributed by atoms with E-state index in [2.05, 4.69) is 9.74 Å².